The Morgan fingerprint density at radius 2 is 1.29 bits per heavy atom. The summed E-state index contributed by atoms with van der Waals surface area (Å²) in [5.41, 5.74) is 10.9. The summed E-state index contributed by atoms with van der Waals surface area (Å²) in [6.07, 6.45) is 26.0. The normalized spacial score (nSPS) is 25.7. The van der Waals surface area contributed by atoms with Crippen LogP contribution in [0.1, 0.15) is 122 Å². The molecule has 2 bridgehead atoms. The molecule has 1 aliphatic carbocycles. The lowest BCUT2D eigenvalue weighted by atomic mass is 9.81. The summed E-state index contributed by atoms with van der Waals surface area (Å²) in [5, 5.41) is 0.952. The molecule has 0 N–H and O–H groups in total. The topological polar surface area (TPSA) is 6.25 Å². The van der Waals surface area contributed by atoms with Gasteiger partial charge in [-0.15, -0.1) is 0 Å². The van der Waals surface area contributed by atoms with Crippen LogP contribution in [0, 0.1) is 0 Å². The van der Waals surface area contributed by atoms with Crippen molar-refractivity contribution in [3.8, 4) is 0 Å². The number of nitrogens with zero attached hydrogens (tertiary/aromatic N) is 2. The van der Waals surface area contributed by atoms with Crippen LogP contribution in [0.5, 0.6) is 0 Å². The minimum Gasteiger partial charge on any atom is -0.344 e. The number of fused-ring (bicyclic) bond motifs is 6. The molecule has 6 rings (SSSR count). The first-order valence-corrected chi connectivity index (χ1v) is 18.3. The molecular formula is C42H54ClN2+. The van der Waals surface area contributed by atoms with Crippen molar-refractivity contribution in [3.05, 3.63) is 106 Å². The maximum absolute atomic E-state index is 7.25. The highest BCUT2D eigenvalue weighted by molar-refractivity contribution is 6.32. The van der Waals surface area contributed by atoms with Crippen LogP contribution < -0.4 is 4.90 Å². The summed E-state index contributed by atoms with van der Waals surface area (Å²) in [6, 6.07) is 18.1. The van der Waals surface area contributed by atoms with Gasteiger partial charge in [-0.2, -0.15) is 4.58 Å². The van der Waals surface area contributed by atoms with Crippen LogP contribution in [0.25, 0.3) is 0 Å². The van der Waals surface area contributed by atoms with Gasteiger partial charge in [0, 0.05) is 52.5 Å². The first-order chi connectivity index (χ1) is 21.8. The highest BCUT2D eigenvalue weighted by Gasteiger charge is 2.44. The van der Waals surface area contributed by atoms with Crippen LogP contribution >= 0.6 is 11.6 Å². The van der Waals surface area contributed by atoms with E-state index in [1.54, 1.807) is 0 Å². The number of benzene rings is 2. The lowest BCUT2D eigenvalue weighted by Crippen LogP contribution is -2.28. The molecule has 0 saturated heterocycles. The molecule has 0 fully saturated rings. The van der Waals surface area contributed by atoms with Crippen LogP contribution in [0.3, 0.4) is 0 Å². The van der Waals surface area contributed by atoms with Crippen molar-refractivity contribution < 1.29 is 4.58 Å². The van der Waals surface area contributed by atoms with Crippen LogP contribution in [-0.2, 0) is 10.8 Å². The van der Waals surface area contributed by atoms with E-state index in [0.29, 0.717) is 0 Å². The van der Waals surface area contributed by atoms with Gasteiger partial charge in [0.2, 0.25) is 5.69 Å². The Bertz CT molecular complexity index is 1550. The van der Waals surface area contributed by atoms with E-state index in [9.17, 15) is 0 Å². The molecule has 3 aliphatic heterocycles. The van der Waals surface area contributed by atoms with E-state index in [4.69, 9.17) is 11.6 Å². The second kappa shape index (κ2) is 13.9. The van der Waals surface area contributed by atoms with E-state index in [0.717, 1.165) is 37.4 Å². The van der Waals surface area contributed by atoms with Gasteiger partial charge in [-0.05, 0) is 74.8 Å². The predicted octanol–water partition coefficient (Wildman–Crippen LogP) is 11.8. The molecule has 45 heavy (non-hydrogen) atoms. The highest BCUT2D eigenvalue weighted by Crippen LogP contribution is 2.48. The molecular weight excluding hydrogens is 568 g/mol. The molecule has 2 aromatic carbocycles. The zero-order valence-corrected chi connectivity index (χ0v) is 29.1. The third kappa shape index (κ3) is 6.55. The van der Waals surface area contributed by atoms with Crippen molar-refractivity contribution in [3.63, 3.8) is 0 Å². The Balaban J connectivity index is 1.36. The third-order valence-electron chi connectivity index (χ3n) is 11.0. The van der Waals surface area contributed by atoms with Crippen molar-refractivity contribution in [2.24, 2.45) is 0 Å². The summed E-state index contributed by atoms with van der Waals surface area (Å²) in [7, 11) is 0. The second-order valence-electron chi connectivity index (χ2n) is 14.8. The highest BCUT2D eigenvalue weighted by atomic mass is 35.5. The number of para-hydroxylation sites is 2. The Morgan fingerprint density at radius 1 is 0.644 bits per heavy atom. The Hall–Kier alpha value is -2.84. The van der Waals surface area contributed by atoms with Gasteiger partial charge in [-0.1, -0.05) is 119 Å². The zero-order valence-electron chi connectivity index (χ0n) is 28.3. The first-order valence-electron chi connectivity index (χ1n) is 17.9. The molecule has 0 unspecified atom stereocenters. The van der Waals surface area contributed by atoms with Gasteiger partial charge in [-0.25, -0.2) is 0 Å². The maximum atomic E-state index is 7.25. The summed E-state index contributed by atoms with van der Waals surface area (Å²) >= 11 is 7.25. The predicted molar refractivity (Wildman–Crippen MR) is 194 cm³/mol. The molecule has 3 heterocycles. The van der Waals surface area contributed by atoms with Crippen LogP contribution in [0.2, 0.25) is 0 Å². The Kier molecular flexibility index (Phi) is 9.90. The number of hydrogen-bond acceptors (Lipinski definition) is 1. The molecule has 238 valence electrons. The number of allylic oxidation sites excluding steroid dienone is 8. The zero-order chi connectivity index (χ0) is 31.4. The quantitative estimate of drug-likeness (QED) is 0.265. The van der Waals surface area contributed by atoms with E-state index in [-0.39, 0.29) is 10.8 Å². The lowest BCUT2D eigenvalue weighted by molar-refractivity contribution is -0.438. The standard InChI is InChI=1S/C42H54ClN2/c1-41(2)34-22-13-15-24-36(34)44-30-17-11-9-7-5-6-8-10-12-18-31-45-37-25-16-14-23-35(37)42(3,4)39(45)29-27-33-21-19-20-32(40(33)43)26-28-38(41)44/h13-16,22-29H,5-12,17-21,30-31H2,1-4H3/q+1. The van der Waals surface area contributed by atoms with Crippen molar-refractivity contribution in [2.75, 3.05) is 18.0 Å². The Morgan fingerprint density at radius 3 is 2.04 bits per heavy atom. The SMILES string of the molecule is CC1(C)C2=[N+](CCCCCCCCCCCCN3/C(=C/C=C4\CCCC(=C4Cl)/C=C/2)C(C)(C)c2ccccc23)c2ccccc21. The average molecular weight is 622 g/mol. The molecule has 0 aromatic heterocycles. The summed E-state index contributed by atoms with van der Waals surface area (Å²) in [4.78, 5) is 2.61. The van der Waals surface area contributed by atoms with Gasteiger partial charge in [-0.3, -0.25) is 0 Å². The van der Waals surface area contributed by atoms with E-state index < -0.39 is 0 Å². The molecule has 3 heteroatoms. The van der Waals surface area contributed by atoms with Crippen molar-refractivity contribution in [1.82, 2.24) is 0 Å². The van der Waals surface area contributed by atoms with Gasteiger partial charge >= 0.3 is 0 Å². The van der Waals surface area contributed by atoms with E-state index in [2.05, 4.69) is 110 Å². The number of hydrogen-bond donors (Lipinski definition) is 0. The van der Waals surface area contributed by atoms with Gasteiger partial charge in [0.1, 0.15) is 6.54 Å². The minimum absolute atomic E-state index is 0.0311. The van der Waals surface area contributed by atoms with Crippen molar-refractivity contribution in [2.45, 2.75) is 122 Å². The monoisotopic (exact) mass is 621 g/mol. The maximum Gasteiger partial charge on any atom is 0.209 e. The largest absolute Gasteiger partial charge is 0.344 e. The van der Waals surface area contributed by atoms with Crippen molar-refractivity contribution in [1.29, 1.82) is 0 Å². The molecule has 0 spiro atoms. The summed E-state index contributed by atoms with van der Waals surface area (Å²) in [5.74, 6) is 0. The molecule has 0 radical (unpaired) electrons. The van der Waals surface area contributed by atoms with Crippen LogP contribution in [-0.4, -0.2) is 23.4 Å². The molecule has 2 nitrogen and oxygen atoms in total. The number of halogens is 1. The van der Waals surface area contributed by atoms with Gasteiger partial charge in [0.25, 0.3) is 0 Å². The number of anilines is 1. The molecule has 0 saturated carbocycles. The van der Waals surface area contributed by atoms with E-state index in [1.807, 2.05) is 0 Å². The van der Waals surface area contributed by atoms with Gasteiger partial charge in [0.15, 0.2) is 5.71 Å². The fourth-order valence-electron chi connectivity index (χ4n) is 8.28. The second-order valence-corrected chi connectivity index (χ2v) is 15.2. The van der Waals surface area contributed by atoms with Crippen molar-refractivity contribution >= 4 is 28.7 Å². The molecule has 0 amide bonds. The van der Waals surface area contributed by atoms with Gasteiger partial charge < -0.3 is 4.90 Å². The number of rotatable bonds is 0. The fraction of sp³-hybridized carbons (Fsp3) is 0.500. The average Bonchev–Trinajstić information content (AvgIpc) is 3.38. The minimum atomic E-state index is -0.0311. The molecule has 2 aromatic rings. The molecule has 0 atom stereocenters. The Labute approximate surface area is 278 Å². The van der Waals surface area contributed by atoms with E-state index in [1.165, 1.54) is 109 Å². The van der Waals surface area contributed by atoms with Crippen LogP contribution in [0.4, 0.5) is 11.4 Å². The third-order valence-corrected chi connectivity index (χ3v) is 11.4. The first kappa shape index (κ1) is 32.1. The van der Waals surface area contributed by atoms with Gasteiger partial charge in [0.05, 0.1) is 5.41 Å². The summed E-state index contributed by atoms with van der Waals surface area (Å²) in [6.45, 7) is 11.7. The van der Waals surface area contributed by atoms with Crippen LogP contribution in [0.15, 0.2) is 94.7 Å². The smallest absolute Gasteiger partial charge is 0.209 e. The fourth-order valence-corrected chi connectivity index (χ4v) is 8.60. The summed E-state index contributed by atoms with van der Waals surface area (Å²) < 4.78 is 2.61. The van der Waals surface area contributed by atoms with E-state index >= 15 is 0 Å². The lowest BCUT2D eigenvalue weighted by Gasteiger charge is -2.27. The molecule has 4 aliphatic rings.